The second kappa shape index (κ2) is 6.65. The number of fused-ring (bicyclic) bond motifs is 3. The van der Waals surface area contributed by atoms with E-state index < -0.39 is 0 Å². The molecule has 0 bridgehead atoms. The van der Waals surface area contributed by atoms with Crippen LogP contribution in [0.2, 0.25) is 0 Å². The van der Waals surface area contributed by atoms with Gasteiger partial charge in [0.25, 0.3) is 0 Å². The number of benzene rings is 3. The molecule has 0 unspecified atom stereocenters. The summed E-state index contributed by atoms with van der Waals surface area (Å²) < 4.78 is 2.82. The van der Waals surface area contributed by atoms with Crippen LogP contribution in [-0.2, 0) is 11.3 Å². The van der Waals surface area contributed by atoms with E-state index in [1.165, 1.54) is 11.8 Å². The predicted molar refractivity (Wildman–Crippen MR) is 119 cm³/mol. The van der Waals surface area contributed by atoms with Crippen molar-refractivity contribution < 1.29 is 9.90 Å². The number of aromatic nitrogens is 1. The Hall–Kier alpha value is -2.83. The van der Waals surface area contributed by atoms with E-state index in [0.717, 1.165) is 33.1 Å². The van der Waals surface area contributed by atoms with Gasteiger partial charge in [0.15, 0.2) is 0 Å². The molecule has 0 radical (unpaired) electrons. The van der Waals surface area contributed by atoms with Gasteiger partial charge in [-0.15, -0.1) is 0 Å². The Kier molecular flexibility index (Phi) is 4.10. The van der Waals surface area contributed by atoms with Crippen molar-refractivity contribution in [3.05, 3.63) is 72.3 Å². The summed E-state index contributed by atoms with van der Waals surface area (Å²) in [6, 6.07) is 21.7. The van der Waals surface area contributed by atoms with E-state index in [9.17, 15) is 9.90 Å². The molecule has 1 aliphatic rings. The highest BCUT2D eigenvalue weighted by atomic mass is 32.2. The molecule has 4 nitrogen and oxygen atoms in total. The molecule has 2 heterocycles. The van der Waals surface area contributed by atoms with E-state index in [0.29, 0.717) is 22.4 Å². The number of rotatable bonds is 3. The number of amides is 1. The van der Waals surface area contributed by atoms with E-state index in [4.69, 9.17) is 12.2 Å². The lowest BCUT2D eigenvalue weighted by atomic mass is 10.1. The van der Waals surface area contributed by atoms with Gasteiger partial charge in [-0.1, -0.05) is 60.4 Å². The summed E-state index contributed by atoms with van der Waals surface area (Å²) in [5.41, 5.74) is 4.00. The van der Waals surface area contributed by atoms with E-state index in [1.54, 1.807) is 11.0 Å². The van der Waals surface area contributed by atoms with Gasteiger partial charge < -0.3 is 9.67 Å². The molecule has 1 saturated heterocycles. The molecule has 0 aliphatic carbocycles. The van der Waals surface area contributed by atoms with Crippen molar-refractivity contribution in [2.75, 3.05) is 10.7 Å². The second-order valence-corrected chi connectivity index (χ2v) is 8.33. The van der Waals surface area contributed by atoms with Crippen LogP contribution in [0.4, 0.5) is 5.69 Å². The zero-order valence-electron chi connectivity index (χ0n) is 14.8. The summed E-state index contributed by atoms with van der Waals surface area (Å²) in [5, 5.41) is 12.3. The van der Waals surface area contributed by atoms with Crippen molar-refractivity contribution in [3.8, 4) is 5.75 Å². The Balaban J connectivity index is 1.56. The quantitative estimate of drug-likeness (QED) is 0.493. The molecular formula is C22H16N2O2S2. The number of aromatic hydroxyl groups is 1. The third kappa shape index (κ3) is 2.68. The largest absolute Gasteiger partial charge is 0.507 e. The van der Waals surface area contributed by atoms with Gasteiger partial charge in [-0.2, -0.15) is 0 Å². The minimum absolute atomic E-state index is 0.0284. The number of phenols is 1. The molecule has 0 saturated carbocycles. The Bertz CT molecular complexity index is 1230. The van der Waals surface area contributed by atoms with Gasteiger partial charge >= 0.3 is 0 Å². The van der Waals surface area contributed by atoms with Crippen LogP contribution >= 0.6 is 24.0 Å². The highest BCUT2D eigenvalue weighted by Gasteiger charge is 2.27. The van der Waals surface area contributed by atoms with Crippen LogP contribution in [0.3, 0.4) is 0 Å². The van der Waals surface area contributed by atoms with Gasteiger partial charge in [0.2, 0.25) is 5.91 Å². The zero-order chi connectivity index (χ0) is 19.3. The normalized spacial score (nSPS) is 14.5. The van der Waals surface area contributed by atoms with E-state index in [-0.39, 0.29) is 5.91 Å². The number of para-hydroxylation sites is 1. The van der Waals surface area contributed by atoms with Crippen LogP contribution in [0, 0.1) is 0 Å². The fourth-order valence-electron chi connectivity index (χ4n) is 3.79. The maximum Gasteiger partial charge on any atom is 0.243 e. The summed E-state index contributed by atoms with van der Waals surface area (Å²) in [7, 11) is 0. The number of nitrogens with zero attached hydrogens (tertiary/aromatic N) is 2. The monoisotopic (exact) mass is 404 g/mol. The van der Waals surface area contributed by atoms with Crippen molar-refractivity contribution in [2.45, 2.75) is 6.54 Å². The molecule has 1 aliphatic heterocycles. The molecule has 138 valence electrons. The SMILES string of the molecule is O=C1CSC(=S)N1c1ccc(Cn2c3ccccc3c3c(O)cccc32)cc1. The average Bonchev–Trinajstić information content (AvgIpc) is 3.21. The minimum Gasteiger partial charge on any atom is -0.507 e. The van der Waals surface area contributed by atoms with Crippen molar-refractivity contribution in [1.29, 1.82) is 0 Å². The highest BCUT2D eigenvalue weighted by molar-refractivity contribution is 8.24. The first-order valence-corrected chi connectivity index (χ1v) is 10.3. The zero-order valence-corrected chi connectivity index (χ0v) is 16.5. The molecule has 3 aromatic carbocycles. The summed E-state index contributed by atoms with van der Waals surface area (Å²) in [6.07, 6.45) is 0. The van der Waals surface area contributed by atoms with Crippen LogP contribution in [0.5, 0.6) is 5.75 Å². The lowest BCUT2D eigenvalue weighted by Crippen LogP contribution is -2.27. The lowest BCUT2D eigenvalue weighted by molar-refractivity contribution is -0.115. The third-order valence-corrected chi connectivity index (χ3v) is 6.42. The maximum atomic E-state index is 12.0. The van der Waals surface area contributed by atoms with Crippen LogP contribution in [-0.4, -0.2) is 25.7 Å². The molecule has 4 aromatic rings. The fraction of sp³-hybridized carbons (Fsp3) is 0.0909. The number of carbonyl (C=O) groups excluding carboxylic acids is 1. The van der Waals surface area contributed by atoms with E-state index in [1.807, 2.05) is 54.6 Å². The molecule has 1 aromatic heterocycles. The van der Waals surface area contributed by atoms with Crippen molar-refractivity contribution in [3.63, 3.8) is 0 Å². The number of thioether (sulfide) groups is 1. The highest BCUT2D eigenvalue weighted by Crippen LogP contribution is 2.35. The first-order valence-electron chi connectivity index (χ1n) is 8.91. The molecule has 28 heavy (non-hydrogen) atoms. The second-order valence-electron chi connectivity index (χ2n) is 6.72. The molecule has 1 amide bonds. The number of thiocarbonyl (C=S) groups is 1. The number of phenolic OH excluding ortho intramolecular Hbond substituents is 1. The summed E-state index contributed by atoms with van der Waals surface area (Å²) in [6.45, 7) is 0.668. The maximum absolute atomic E-state index is 12.0. The van der Waals surface area contributed by atoms with Gasteiger partial charge in [0, 0.05) is 22.8 Å². The van der Waals surface area contributed by atoms with Crippen LogP contribution in [0.25, 0.3) is 21.8 Å². The van der Waals surface area contributed by atoms with Gasteiger partial charge in [0.05, 0.1) is 17.0 Å². The first kappa shape index (κ1) is 17.3. The van der Waals surface area contributed by atoms with Crippen molar-refractivity contribution in [1.82, 2.24) is 4.57 Å². The van der Waals surface area contributed by atoms with Crippen molar-refractivity contribution in [2.24, 2.45) is 0 Å². The Labute approximate surface area is 171 Å². The lowest BCUT2D eigenvalue weighted by Gasteiger charge is -2.15. The predicted octanol–water partition coefficient (Wildman–Crippen LogP) is 4.91. The summed E-state index contributed by atoms with van der Waals surface area (Å²) >= 11 is 6.68. The summed E-state index contributed by atoms with van der Waals surface area (Å²) in [4.78, 5) is 13.6. The van der Waals surface area contributed by atoms with E-state index >= 15 is 0 Å². The Morgan fingerprint density at radius 1 is 0.964 bits per heavy atom. The van der Waals surface area contributed by atoms with Gasteiger partial charge in [0.1, 0.15) is 10.1 Å². The summed E-state index contributed by atoms with van der Waals surface area (Å²) in [5.74, 6) is 0.729. The fourth-order valence-corrected chi connectivity index (χ4v) is 4.88. The third-order valence-electron chi connectivity index (χ3n) is 5.06. The van der Waals surface area contributed by atoms with Crippen LogP contribution < -0.4 is 4.90 Å². The van der Waals surface area contributed by atoms with Crippen LogP contribution in [0.15, 0.2) is 66.7 Å². The molecule has 1 N–H and O–H groups in total. The Morgan fingerprint density at radius 3 is 2.46 bits per heavy atom. The van der Waals surface area contributed by atoms with Gasteiger partial charge in [-0.25, -0.2) is 0 Å². The molecule has 5 rings (SSSR count). The molecule has 1 fully saturated rings. The first-order chi connectivity index (χ1) is 13.6. The van der Waals surface area contributed by atoms with Gasteiger partial charge in [-0.05, 0) is 35.9 Å². The number of hydrogen-bond donors (Lipinski definition) is 1. The standard InChI is InChI=1S/C22H16N2O2S2/c25-19-7-3-6-18-21(19)16-4-1-2-5-17(16)23(18)12-14-8-10-15(11-9-14)24-20(26)13-28-22(24)27/h1-11,25H,12-13H2. The molecular weight excluding hydrogens is 388 g/mol. The smallest absolute Gasteiger partial charge is 0.243 e. The molecule has 0 spiro atoms. The van der Waals surface area contributed by atoms with E-state index in [2.05, 4.69) is 10.6 Å². The van der Waals surface area contributed by atoms with Crippen molar-refractivity contribution >= 4 is 61.7 Å². The number of anilines is 1. The van der Waals surface area contributed by atoms with Gasteiger partial charge in [-0.3, -0.25) is 9.69 Å². The minimum atomic E-state index is 0.0284. The Morgan fingerprint density at radius 2 is 1.71 bits per heavy atom. The number of carbonyl (C=O) groups is 1. The number of hydrogen-bond acceptors (Lipinski definition) is 4. The van der Waals surface area contributed by atoms with Crippen LogP contribution in [0.1, 0.15) is 5.56 Å². The average molecular weight is 405 g/mol. The molecule has 0 atom stereocenters. The molecule has 6 heteroatoms. The topological polar surface area (TPSA) is 45.5 Å².